The molecule has 2 aliphatic rings. The van der Waals surface area contributed by atoms with Gasteiger partial charge in [0.15, 0.2) is 5.69 Å². The average Bonchev–Trinajstić information content (AvgIpc) is 3.37. The molecule has 1 aromatic carbocycles. The van der Waals surface area contributed by atoms with Gasteiger partial charge in [-0.3, -0.25) is 0 Å². The molecule has 2 aromatic rings. The number of hydrogen-bond acceptors (Lipinski definition) is 4. The van der Waals surface area contributed by atoms with Crippen LogP contribution in [0.5, 0.6) is 0 Å². The Morgan fingerprint density at radius 3 is 2.62 bits per heavy atom. The normalized spacial score (nSPS) is 25.0. The van der Waals surface area contributed by atoms with Gasteiger partial charge in [-0.15, -0.1) is 12.4 Å². The SMILES string of the molecule is Cl.FC(F)(F)c1ccn(-c2ccc(CNC3CCCC3C3COCCN3)cc2)n1. The molecule has 0 spiro atoms. The lowest BCUT2D eigenvalue weighted by atomic mass is 9.94. The molecule has 2 fully saturated rings. The van der Waals surface area contributed by atoms with E-state index in [0.29, 0.717) is 23.7 Å². The summed E-state index contributed by atoms with van der Waals surface area (Å²) in [4.78, 5) is 0. The molecule has 1 aliphatic heterocycles. The Morgan fingerprint density at radius 1 is 1.17 bits per heavy atom. The fraction of sp³-hybridized carbons (Fsp3) is 0.550. The second kappa shape index (κ2) is 9.47. The van der Waals surface area contributed by atoms with Gasteiger partial charge in [0.1, 0.15) is 0 Å². The van der Waals surface area contributed by atoms with Crippen molar-refractivity contribution >= 4 is 12.4 Å². The van der Waals surface area contributed by atoms with Crippen LogP contribution in [-0.4, -0.2) is 41.6 Å². The molecule has 1 aliphatic carbocycles. The molecule has 1 saturated heterocycles. The molecule has 2 N–H and O–H groups in total. The molecule has 4 rings (SSSR count). The number of halogens is 4. The summed E-state index contributed by atoms with van der Waals surface area (Å²) in [5, 5.41) is 10.8. The highest BCUT2D eigenvalue weighted by Crippen LogP contribution is 2.30. The molecule has 29 heavy (non-hydrogen) atoms. The molecule has 1 saturated carbocycles. The number of alkyl halides is 3. The third kappa shape index (κ3) is 5.31. The summed E-state index contributed by atoms with van der Waals surface area (Å²) in [7, 11) is 0. The number of nitrogens with zero attached hydrogens (tertiary/aromatic N) is 2. The van der Waals surface area contributed by atoms with Gasteiger partial charge >= 0.3 is 6.18 Å². The summed E-state index contributed by atoms with van der Waals surface area (Å²) in [5.74, 6) is 0.574. The highest BCUT2D eigenvalue weighted by Gasteiger charge is 2.35. The van der Waals surface area contributed by atoms with E-state index in [2.05, 4.69) is 15.7 Å². The van der Waals surface area contributed by atoms with Crippen LogP contribution >= 0.6 is 12.4 Å². The third-order valence-corrected chi connectivity index (χ3v) is 5.69. The van der Waals surface area contributed by atoms with Gasteiger partial charge in [0.2, 0.25) is 0 Å². The monoisotopic (exact) mass is 430 g/mol. The van der Waals surface area contributed by atoms with Crippen molar-refractivity contribution in [1.29, 1.82) is 0 Å². The molecule has 0 radical (unpaired) electrons. The smallest absolute Gasteiger partial charge is 0.379 e. The maximum atomic E-state index is 12.7. The van der Waals surface area contributed by atoms with E-state index in [9.17, 15) is 13.2 Å². The Labute approximate surface area is 174 Å². The Bertz CT molecular complexity index is 775. The summed E-state index contributed by atoms with van der Waals surface area (Å²) in [6, 6.07) is 9.32. The van der Waals surface area contributed by atoms with E-state index in [0.717, 1.165) is 44.4 Å². The molecule has 160 valence electrons. The first-order chi connectivity index (χ1) is 13.5. The van der Waals surface area contributed by atoms with Crippen molar-refractivity contribution in [3.8, 4) is 5.69 Å². The fourth-order valence-corrected chi connectivity index (χ4v) is 4.22. The standard InChI is InChI=1S/C20H25F3N4O.ClH/c21-20(22,23)19-8-10-27(26-19)15-6-4-14(5-7-15)12-25-17-3-1-2-16(17)18-13-28-11-9-24-18;/h4-8,10,16-18,24-25H,1-3,9,11-13H2;1H. The molecule has 3 unspecified atom stereocenters. The summed E-state index contributed by atoms with van der Waals surface area (Å²) in [5.41, 5.74) is 0.831. The maximum absolute atomic E-state index is 12.7. The predicted octanol–water partition coefficient (Wildman–Crippen LogP) is 3.56. The van der Waals surface area contributed by atoms with E-state index in [-0.39, 0.29) is 12.4 Å². The van der Waals surface area contributed by atoms with E-state index in [4.69, 9.17) is 4.74 Å². The lowest BCUT2D eigenvalue weighted by Crippen LogP contribution is -2.50. The van der Waals surface area contributed by atoms with E-state index >= 15 is 0 Å². The molecular weight excluding hydrogens is 405 g/mol. The van der Waals surface area contributed by atoms with Crippen LogP contribution in [0, 0.1) is 5.92 Å². The van der Waals surface area contributed by atoms with Crippen molar-refractivity contribution in [3.05, 3.63) is 47.8 Å². The van der Waals surface area contributed by atoms with Gasteiger partial charge in [-0.2, -0.15) is 18.3 Å². The Hall–Kier alpha value is -1.61. The van der Waals surface area contributed by atoms with Gasteiger partial charge < -0.3 is 15.4 Å². The molecule has 2 heterocycles. The van der Waals surface area contributed by atoms with Crippen molar-refractivity contribution in [2.75, 3.05) is 19.8 Å². The van der Waals surface area contributed by atoms with Crippen molar-refractivity contribution in [2.24, 2.45) is 5.92 Å². The summed E-state index contributed by atoms with van der Waals surface area (Å²) in [6.45, 7) is 3.22. The van der Waals surface area contributed by atoms with Gasteiger partial charge in [-0.25, -0.2) is 4.68 Å². The molecule has 0 amide bonds. The first-order valence-electron chi connectivity index (χ1n) is 9.77. The molecule has 1 aromatic heterocycles. The number of morpholine rings is 1. The number of ether oxygens (including phenoxy) is 1. The quantitative estimate of drug-likeness (QED) is 0.761. The van der Waals surface area contributed by atoms with Gasteiger partial charge in [0, 0.05) is 31.4 Å². The lowest BCUT2D eigenvalue weighted by Gasteiger charge is -2.33. The first-order valence-corrected chi connectivity index (χ1v) is 9.77. The van der Waals surface area contributed by atoms with E-state index < -0.39 is 11.9 Å². The van der Waals surface area contributed by atoms with Crippen LogP contribution in [0.25, 0.3) is 5.69 Å². The van der Waals surface area contributed by atoms with E-state index in [1.54, 1.807) is 12.1 Å². The average molecular weight is 431 g/mol. The molecule has 3 atom stereocenters. The predicted molar refractivity (Wildman–Crippen MR) is 106 cm³/mol. The second-order valence-corrected chi connectivity index (χ2v) is 7.53. The zero-order valence-electron chi connectivity index (χ0n) is 16.0. The molecular formula is C20H26ClF3N4O. The van der Waals surface area contributed by atoms with Gasteiger partial charge in [0.05, 0.1) is 18.9 Å². The van der Waals surface area contributed by atoms with Crippen LogP contribution in [0.3, 0.4) is 0 Å². The van der Waals surface area contributed by atoms with E-state index in [1.165, 1.54) is 23.7 Å². The highest BCUT2D eigenvalue weighted by atomic mass is 35.5. The van der Waals surface area contributed by atoms with Crippen molar-refractivity contribution in [2.45, 2.75) is 44.1 Å². The Kier molecular flexibility index (Phi) is 7.21. The van der Waals surface area contributed by atoms with Crippen LogP contribution in [0.15, 0.2) is 36.5 Å². The summed E-state index contributed by atoms with van der Waals surface area (Å²) >= 11 is 0. The van der Waals surface area contributed by atoms with Crippen molar-refractivity contribution in [3.63, 3.8) is 0 Å². The van der Waals surface area contributed by atoms with Crippen LogP contribution in [0.1, 0.15) is 30.5 Å². The molecule has 9 heteroatoms. The molecule has 0 bridgehead atoms. The van der Waals surface area contributed by atoms with Gasteiger partial charge in [-0.05, 0) is 42.5 Å². The Morgan fingerprint density at radius 2 is 1.97 bits per heavy atom. The van der Waals surface area contributed by atoms with Gasteiger partial charge in [-0.1, -0.05) is 18.6 Å². The number of benzene rings is 1. The Balaban J connectivity index is 0.00000240. The maximum Gasteiger partial charge on any atom is 0.435 e. The zero-order chi connectivity index (χ0) is 19.6. The van der Waals surface area contributed by atoms with Crippen LogP contribution in [0.4, 0.5) is 13.2 Å². The minimum absolute atomic E-state index is 0. The van der Waals surface area contributed by atoms with Crippen LogP contribution in [-0.2, 0) is 17.5 Å². The number of aromatic nitrogens is 2. The highest BCUT2D eigenvalue weighted by molar-refractivity contribution is 5.85. The van der Waals surface area contributed by atoms with Crippen LogP contribution in [0.2, 0.25) is 0 Å². The van der Waals surface area contributed by atoms with Crippen LogP contribution < -0.4 is 10.6 Å². The van der Waals surface area contributed by atoms with E-state index in [1.807, 2.05) is 12.1 Å². The minimum atomic E-state index is -4.43. The number of nitrogens with one attached hydrogen (secondary N) is 2. The largest absolute Gasteiger partial charge is 0.435 e. The number of hydrogen-bond donors (Lipinski definition) is 2. The second-order valence-electron chi connectivity index (χ2n) is 7.53. The topological polar surface area (TPSA) is 51.1 Å². The third-order valence-electron chi connectivity index (χ3n) is 5.69. The van der Waals surface area contributed by atoms with Gasteiger partial charge in [0.25, 0.3) is 0 Å². The molecule has 5 nitrogen and oxygen atoms in total. The van der Waals surface area contributed by atoms with Crippen molar-refractivity contribution in [1.82, 2.24) is 20.4 Å². The fourth-order valence-electron chi connectivity index (χ4n) is 4.22. The minimum Gasteiger partial charge on any atom is -0.379 e. The van der Waals surface area contributed by atoms with Crippen molar-refractivity contribution < 1.29 is 17.9 Å². The number of rotatable bonds is 5. The summed E-state index contributed by atoms with van der Waals surface area (Å²) in [6.07, 6.45) is 0.497. The first kappa shape index (κ1) is 22.1. The lowest BCUT2D eigenvalue weighted by molar-refractivity contribution is -0.141. The summed E-state index contributed by atoms with van der Waals surface area (Å²) < 4.78 is 45.0. The zero-order valence-corrected chi connectivity index (χ0v) is 16.8.